The van der Waals surface area contributed by atoms with Crippen molar-refractivity contribution >= 4 is 102 Å². The van der Waals surface area contributed by atoms with E-state index in [9.17, 15) is 0 Å². The van der Waals surface area contributed by atoms with Crippen molar-refractivity contribution in [2.75, 3.05) is 11.5 Å². The van der Waals surface area contributed by atoms with Gasteiger partial charge in [-0.1, -0.05) is 18.2 Å². The molecule has 0 unspecified atom stereocenters. The van der Waals surface area contributed by atoms with Gasteiger partial charge < -0.3 is 11.5 Å². The van der Waals surface area contributed by atoms with E-state index in [-0.39, 0.29) is 0 Å². The van der Waals surface area contributed by atoms with E-state index in [1.54, 1.807) is 0 Å². The fraction of sp³-hybridized carbons (Fsp3) is 0. The third kappa shape index (κ3) is 2.71. The molecule has 4 N–H and O–H groups in total. The summed E-state index contributed by atoms with van der Waals surface area (Å²) in [6, 6.07) is 7.84. The van der Waals surface area contributed by atoms with E-state index < -0.39 is 0 Å². The number of benzene rings is 2. The Kier molecular flexibility index (Phi) is 5.25. The Bertz CT molecular complexity index is 597. The van der Waals surface area contributed by atoms with Crippen molar-refractivity contribution in [1.82, 2.24) is 0 Å². The van der Waals surface area contributed by atoms with Crippen molar-refractivity contribution in [3.8, 4) is 11.1 Å². The molecule has 0 saturated heterocycles. The molecule has 2 nitrogen and oxygen atoms in total. The molecule has 0 aliphatic carbocycles. The topological polar surface area (TPSA) is 52.0 Å². The van der Waals surface area contributed by atoms with Crippen molar-refractivity contribution in [3.05, 3.63) is 38.5 Å². The SMILES string of the molecule is Nc1ccccc1-c1c(N)c(I)c(I)c(I)c1I. The molecule has 0 aromatic heterocycles. The Morgan fingerprint density at radius 3 is 1.89 bits per heavy atom. The second-order valence-electron chi connectivity index (χ2n) is 3.63. The van der Waals surface area contributed by atoms with Gasteiger partial charge in [0.25, 0.3) is 0 Å². The molecule has 2 rings (SSSR count). The molecule has 0 atom stereocenters. The van der Waals surface area contributed by atoms with E-state index in [1.807, 2.05) is 24.3 Å². The van der Waals surface area contributed by atoms with E-state index in [4.69, 9.17) is 11.5 Å². The van der Waals surface area contributed by atoms with Crippen LogP contribution in [0.25, 0.3) is 11.1 Å². The van der Waals surface area contributed by atoms with Gasteiger partial charge in [0.15, 0.2) is 0 Å². The number of rotatable bonds is 1. The number of hydrogen-bond donors (Lipinski definition) is 2. The second kappa shape index (κ2) is 6.16. The molecule has 18 heavy (non-hydrogen) atoms. The van der Waals surface area contributed by atoms with Gasteiger partial charge in [0, 0.05) is 27.5 Å². The molecule has 0 aliphatic rings. The van der Waals surface area contributed by atoms with E-state index in [0.29, 0.717) is 0 Å². The molecule has 2 aromatic rings. The first kappa shape index (κ1) is 15.4. The third-order valence-corrected chi connectivity index (χ3v) is 9.99. The Labute approximate surface area is 160 Å². The minimum atomic E-state index is 0.759. The summed E-state index contributed by atoms with van der Waals surface area (Å²) >= 11 is 9.33. The predicted molar refractivity (Wildman–Crippen MR) is 112 cm³/mol. The first-order chi connectivity index (χ1) is 8.45. The highest BCUT2D eigenvalue weighted by atomic mass is 127. The summed E-state index contributed by atoms with van der Waals surface area (Å²) in [7, 11) is 0. The highest BCUT2D eigenvalue weighted by Crippen LogP contribution is 2.41. The molecule has 0 radical (unpaired) electrons. The summed E-state index contributed by atoms with van der Waals surface area (Å²) in [5.74, 6) is 0. The van der Waals surface area contributed by atoms with Gasteiger partial charge in [-0.15, -0.1) is 0 Å². The maximum Gasteiger partial charge on any atom is 0.0552 e. The normalized spacial score (nSPS) is 10.7. The highest BCUT2D eigenvalue weighted by Gasteiger charge is 2.19. The fourth-order valence-corrected chi connectivity index (χ4v) is 5.16. The Hall–Kier alpha value is 0.960. The summed E-state index contributed by atoms with van der Waals surface area (Å²) in [6.45, 7) is 0. The number of nitrogen functional groups attached to an aromatic ring is 2. The van der Waals surface area contributed by atoms with E-state index >= 15 is 0 Å². The van der Waals surface area contributed by atoms with Crippen LogP contribution in [0.1, 0.15) is 0 Å². The van der Waals surface area contributed by atoms with E-state index in [2.05, 4.69) is 90.4 Å². The zero-order chi connectivity index (χ0) is 13.4. The average Bonchev–Trinajstić information content (AvgIpc) is 2.36. The van der Waals surface area contributed by atoms with Crippen molar-refractivity contribution in [1.29, 1.82) is 0 Å². The molecule has 0 saturated carbocycles. The quantitative estimate of drug-likeness (QED) is 0.193. The maximum absolute atomic E-state index is 6.28. The number of para-hydroxylation sites is 1. The highest BCUT2D eigenvalue weighted by molar-refractivity contribution is 14.1. The summed E-state index contributed by atoms with van der Waals surface area (Å²) < 4.78 is 4.68. The average molecular weight is 688 g/mol. The molecule has 0 fully saturated rings. The molecular weight excluding hydrogens is 680 g/mol. The lowest BCUT2D eigenvalue weighted by atomic mass is 10.0. The van der Waals surface area contributed by atoms with Crippen molar-refractivity contribution in [3.63, 3.8) is 0 Å². The standard InChI is InChI=1S/C12H8I4N2/c13-8-7(5-3-1-2-4-6(5)17)12(18)11(16)10(15)9(8)14/h1-4H,17-18H2. The predicted octanol–water partition coefficient (Wildman–Crippen LogP) is 4.94. The molecule has 94 valence electrons. The van der Waals surface area contributed by atoms with Crippen LogP contribution in [0.3, 0.4) is 0 Å². The lowest BCUT2D eigenvalue weighted by Gasteiger charge is -2.16. The first-order valence-corrected chi connectivity index (χ1v) is 9.23. The van der Waals surface area contributed by atoms with Crippen LogP contribution in [-0.4, -0.2) is 0 Å². The summed E-state index contributed by atoms with van der Waals surface area (Å²) in [5.41, 5.74) is 16.0. The fourth-order valence-electron chi connectivity index (χ4n) is 1.64. The van der Waals surface area contributed by atoms with Crippen LogP contribution in [0.15, 0.2) is 24.3 Å². The van der Waals surface area contributed by atoms with Crippen LogP contribution >= 0.6 is 90.4 Å². The smallest absolute Gasteiger partial charge is 0.0552 e. The molecule has 6 heteroatoms. The van der Waals surface area contributed by atoms with Gasteiger partial charge in [0.1, 0.15) is 0 Å². The van der Waals surface area contributed by atoms with Gasteiger partial charge in [-0.3, -0.25) is 0 Å². The Balaban J connectivity index is 2.85. The molecule has 0 bridgehead atoms. The van der Waals surface area contributed by atoms with Gasteiger partial charge in [0.2, 0.25) is 0 Å². The van der Waals surface area contributed by atoms with Crippen LogP contribution < -0.4 is 11.5 Å². The minimum absolute atomic E-state index is 0.759. The zero-order valence-corrected chi connectivity index (χ0v) is 17.6. The summed E-state index contributed by atoms with van der Waals surface area (Å²) in [5, 5.41) is 0. The van der Waals surface area contributed by atoms with Crippen LogP contribution in [0, 0.1) is 14.3 Å². The zero-order valence-electron chi connectivity index (χ0n) is 8.98. The van der Waals surface area contributed by atoms with Gasteiger partial charge in [0.05, 0.1) is 9.26 Å². The summed E-state index contributed by atoms with van der Waals surface area (Å²) in [6.07, 6.45) is 0. The maximum atomic E-state index is 6.28. The van der Waals surface area contributed by atoms with Gasteiger partial charge in [-0.2, -0.15) is 0 Å². The van der Waals surface area contributed by atoms with Gasteiger partial charge >= 0.3 is 0 Å². The number of hydrogen-bond acceptors (Lipinski definition) is 2. The molecule has 0 amide bonds. The minimum Gasteiger partial charge on any atom is -0.398 e. The van der Waals surface area contributed by atoms with Gasteiger partial charge in [-0.05, 0) is 96.4 Å². The van der Waals surface area contributed by atoms with Gasteiger partial charge in [-0.25, -0.2) is 0 Å². The number of anilines is 2. The number of halogens is 4. The van der Waals surface area contributed by atoms with Crippen LogP contribution in [-0.2, 0) is 0 Å². The molecule has 0 spiro atoms. The Morgan fingerprint density at radius 2 is 1.28 bits per heavy atom. The molecule has 2 aromatic carbocycles. The number of nitrogens with two attached hydrogens (primary N) is 2. The molecule has 0 heterocycles. The Morgan fingerprint density at radius 1 is 0.722 bits per heavy atom. The monoisotopic (exact) mass is 688 g/mol. The van der Waals surface area contributed by atoms with Crippen LogP contribution in [0.2, 0.25) is 0 Å². The lowest BCUT2D eigenvalue weighted by molar-refractivity contribution is 1.46. The largest absolute Gasteiger partial charge is 0.398 e. The van der Waals surface area contributed by atoms with E-state index in [1.165, 1.54) is 7.14 Å². The molecule has 0 aliphatic heterocycles. The second-order valence-corrected chi connectivity index (χ2v) is 7.95. The first-order valence-electron chi connectivity index (χ1n) is 4.91. The van der Waals surface area contributed by atoms with Crippen LogP contribution in [0.5, 0.6) is 0 Å². The molecular formula is C12H8I4N2. The third-order valence-electron chi connectivity index (χ3n) is 2.53. The van der Waals surface area contributed by atoms with Crippen molar-refractivity contribution in [2.45, 2.75) is 0 Å². The summed E-state index contributed by atoms with van der Waals surface area (Å²) in [4.78, 5) is 0. The van der Waals surface area contributed by atoms with E-state index in [0.717, 1.165) is 29.6 Å². The van der Waals surface area contributed by atoms with Crippen LogP contribution in [0.4, 0.5) is 11.4 Å². The van der Waals surface area contributed by atoms with Crippen molar-refractivity contribution < 1.29 is 0 Å². The van der Waals surface area contributed by atoms with Crippen molar-refractivity contribution in [2.24, 2.45) is 0 Å². The lowest BCUT2D eigenvalue weighted by Crippen LogP contribution is -2.04.